The van der Waals surface area contributed by atoms with E-state index in [1.807, 2.05) is 0 Å². The van der Waals surface area contributed by atoms with Crippen LogP contribution < -0.4 is 15.4 Å². The number of ether oxygens (including phenoxy) is 1. The molecule has 0 saturated heterocycles. The Hall–Kier alpha value is -2.76. The lowest BCUT2D eigenvalue weighted by Crippen LogP contribution is -2.27. The zero-order valence-electron chi connectivity index (χ0n) is 11.2. The molecule has 0 bridgehead atoms. The van der Waals surface area contributed by atoms with E-state index in [-0.39, 0.29) is 11.7 Å². The predicted octanol–water partition coefficient (Wildman–Crippen LogP) is 1.65. The minimum Gasteiger partial charge on any atom is -0.504 e. The number of aromatic nitrogens is 1. The number of aromatic hydroxyl groups is 1. The molecule has 1 heterocycles. The smallest absolute Gasteiger partial charge is 0.258 e. The van der Waals surface area contributed by atoms with Crippen LogP contribution in [0.5, 0.6) is 11.5 Å². The number of nitrogens with zero attached hydrogens (tertiary/aromatic N) is 2. The molecule has 3 N–H and O–H groups in total. The third-order valence-electron chi connectivity index (χ3n) is 2.92. The summed E-state index contributed by atoms with van der Waals surface area (Å²) in [5, 5.41) is 9.72. The van der Waals surface area contributed by atoms with Crippen molar-refractivity contribution >= 4 is 17.3 Å². The first-order valence-corrected chi connectivity index (χ1v) is 5.89. The monoisotopic (exact) mass is 273 g/mol. The number of benzene rings is 1. The number of carbonyl (C=O) groups excluding carboxylic acids is 1. The third-order valence-corrected chi connectivity index (χ3v) is 2.92. The molecular weight excluding hydrogens is 258 g/mol. The second-order valence-electron chi connectivity index (χ2n) is 4.19. The lowest BCUT2D eigenvalue weighted by Gasteiger charge is -2.19. The molecule has 0 aliphatic heterocycles. The highest BCUT2D eigenvalue weighted by molar-refractivity contribution is 6.07. The van der Waals surface area contributed by atoms with Gasteiger partial charge in [0, 0.05) is 18.8 Å². The van der Waals surface area contributed by atoms with Crippen LogP contribution in [0.1, 0.15) is 10.4 Å². The van der Waals surface area contributed by atoms with E-state index in [0.29, 0.717) is 22.7 Å². The van der Waals surface area contributed by atoms with Gasteiger partial charge in [-0.15, -0.1) is 0 Å². The number of amides is 1. The van der Waals surface area contributed by atoms with Gasteiger partial charge < -0.3 is 20.5 Å². The van der Waals surface area contributed by atoms with Crippen molar-refractivity contribution < 1.29 is 14.6 Å². The average Bonchev–Trinajstić information content (AvgIpc) is 2.46. The molecule has 1 amide bonds. The lowest BCUT2D eigenvalue weighted by atomic mass is 10.1. The van der Waals surface area contributed by atoms with E-state index in [9.17, 15) is 9.90 Å². The zero-order valence-corrected chi connectivity index (χ0v) is 11.2. The number of pyridine rings is 1. The second kappa shape index (κ2) is 5.48. The molecule has 104 valence electrons. The number of phenols is 1. The first-order valence-electron chi connectivity index (χ1n) is 5.89. The molecule has 0 unspecified atom stereocenters. The highest BCUT2D eigenvalue weighted by atomic mass is 16.5. The number of hydrogen-bond donors (Lipinski definition) is 2. The average molecular weight is 273 g/mol. The maximum Gasteiger partial charge on any atom is 0.258 e. The van der Waals surface area contributed by atoms with E-state index in [1.165, 1.54) is 30.3 Å². The van der Waals surface area contributed by atoms with E-state index >= 15 is 0 Å². The number of carbonyl (C=O) groups is 1. The number of nitrogen functional groups attached to an aromatic ring is 1. The summed E-state index contributed by atoms with van der Waals surface area (Å²) in [5.41, 5.74) is 7.08. The van der Waals surface area contributed by atoms with Crippen LogP contribution in [0.25, 0.3) is 0 Å². The van der Waals surface area contributed by atoms with Crippen molar-refractivity contribution in [2.24, 2.45) is 0 Å². The van der Waals surface area contributed by atoms with Gasteiger partial charge >= 0.3 is 0 Å². The van der Waals surface area contributed by atoms with Gasteiger partial charge in [0.1, 0.15) is 0 Å². The van der Waals surface area contributed by atoms with E-state index in [1.54, 1.807) is 25.4 Å². The van der Waals surface area contributed by atoms with Crippen LogP contribution in [0.15, 0.2) is 36.7 Å². The Morgan fingerprint density at radius 1 is 1.40 bits per heavy atom. The summed E-state index contributed by atoms with van der Waals surface area (Å²) in [5.74, 6) is -0.0667. The maximum absolute atomic E-state index is 12.3. The molecule has 2 aromatic rings. The molecule has 6 heteroatoms. The van der Waals surface area contributed by atoms with Crippen molar-refractivity contribution in [3.8, 4) is 11.5 Å². The Balaban J connectivity index is 2.32. The van der Waals surface area contributed by atoms with Crippen LogP contribution in [-0.2, 0) is 0 Å². The Labute approximate surface area is 116 Å². The van der Waals surface area contributed by atoms with Crippen molar-refractivity contribution in [2.45, 2.75) is 0 Å². The number of rotatable bonds is 3. The Morgan fingerprint density at radius 2 is 2.15 bits per heavy atom. The second-order valence-corrected chi connectivity index (χ2v) is 4.19. The molecule has 0 aliphatic carbocycles. The summed E-state index contributed by atoms with van der Waals surface area (Å²) < 4.78 is 4.94. The highest BCUT2D eigenvalue weighted by Gasteiger charge is 2.17. The standard InChI is InChI=1S/C14H15N3O3/c1-17(11-5-6-16-8-10(11)15)14(19)9-3-4-13(20-2)12(18)7-9/h3-8,18H,15H2,1-2H3. The normalized spacial score (nSPS) is 10.1. The molecular formula is C14H15N3O3. The SMILES string of the molecule is COc1ccc(C(=O)N(C)c2ccncc2N)cc1O. The highest BCUT2D eigenvalue weighted by Crippen LogP contribution is 2.28. The van der Waals surface area contributed by atoms with Crippen molar-refractivity contribution in [1.82, 2.24) is 4.98 Å². The van der Waals surface area contributed by atoms with E-state index in [4.69, 9.17) is 10.5 Å². The molecule has 0 saturated carbocycles. The predicted molar refractivity (Wildman–Crippen MR) is 76.0 cm³/mol. The summed E-state index contributed by atoms with van der Waals surface area (Å²) in [6, 6.07) is 6.12. The largest absolute Gasteiger partial charge is 0.504 e. The summed E-state index contributed by atoms with van der Waals surface area (Å²) in [7, 11) is 3.05. The summed E-state index contributed by atoms with van der Waals surface area (Å²) in [4.78, 5) is 17.6. The van der Waals surface area contributed by atoms with Crippen LogP contribution in [0.3, 0.4) is 0 Å². The Kier molecular flexibility index (Phi) is 3.74. The minimum absolute atomic E-state index is 0.0885. The number of hydrogen-bond acceptors (Lipinski definition) is 5. The minimum atomic E-state index is -0.291. The molecule has 1 aromatic heterocycles. The van der Waals surface area contributed by atoms with Crippen LogP contribution in [0.2, 0.25) is 0 Å². The number of nitrogens with two attached hydrogens (primary N) is 1. The van der Waals surface area contributed by atoms with Gasteiger partial charge in [0.15, 0.2) is 11.5 Å². The van der Waals surface area contributed by atoms with Crippen LogP contribution in [0, 0.1) is 0 Å². The van der Waals surface area contributed by atoms with E-state index in [2.05, 4.69) is 4.98 Å². The van der Waals surface area contributed by atoms with Crippen LogP contribution in [-0.4, -0.2) is 30.2 Å². The Morgan fingerprint density at radius 3 is 2.75 bits per heavy atom. The fourth-order valence-corrected chi connectivity index (χ4v) is 1.83. The van der Waals surface area contributed by atoms with Crippen LogP contribution in [0.4, 0.5) is 11.4 Å². The maximum atomic E-state index is 12.3. The van der Waals surface area contributed by atoms with E-state index < -0.39 is 0 Å². The number of anilines is 2. The third kappa shape index (κ3) is 2.49. The van der Waals surface area contributed by atoms with Gasteiger partial charge in [-0.2, -0.15) is 0 Å². The topological polar surface area (TPSA) is 88.7 Å². The molecule has 0 aliphatic rings. The van der Waals surface area contributed by atoms with Gasteiger partial charge in [-0.25, -0.2) is 0 Å². The van der Waals surface area contributed by atoms with Gasteiger partial charge in [-0.1, -0.05) is 0 Å². The Bertz CT molecular complexity index is 643. The van der Waals surface area contributed by atoms with Crippen molar-refractivity contribution in [3.63, 3.8) is 0 Å². The molecule has 0 atom stereocenters. The molecule has 1 aromatic carbocycles. The molecule has 2 rings (SSSR count). The zero-order chi connectivity index (χ0) is 14.7. The van der Waals surface area contributed by atoms with Gasteiger partial charge in [0.25, 0.3) is 5.91 Å². The van der Waals surface area contributed by atoms with Gasteiger partial charge in [0.2, 0.25) is 0 Å². The summed E-state index contributed by atoms with van der Waals surface area (Å²) >= 11 is 0. The van der Waals surface area contributed by atoms with Crippen molar-refractivity contribution in [2.75, 3.05) is 24.8 Å². The summed E-state index contributed by atoms with van der Waals surface area (Å²) in [6.07, 6.45) is 3.03. The summed E-state index contributed by atoms with van der Waals surface area (Å²) in [6.45, 7) is 0. The number of methoxy groups -OCH3 is 1. The van der Waals surface area contributed by atoms with Gasteiger partial charge in [0.05, 0.1) is 24.7 Å². The van der Waals surface area contributed by atoms with Crippen LogP contribution >= 0.6 is 0 Å². The van der Waals surface area contributed by atoms with Gasteiger partial charge in [-0.3, -0.25) is 9.78 Å². The molecule has 6 nitrogen and oxygen atoms in total. The van der Waals surface area contributed by atoms with E-state index in [0.717, 1.165) is 0 Å². The fraction of sp³-hybridized carbons (Fsp3) is 0.143. The first kappa shape index (κ1) is 13.7. The quantitative estimate of drug-likeness (QED) is 0.887. The molecule has 0 radical (unpaired) electrons. The molecule has 0 fully saturated rings. The fourth-order valence-electron chi connectivity index (χ4n) is 1.83. The molecule has 20 heavy (non-hydrogen) atoms. The van der Waals surface area contributed by atoms with Crippen molar-refractivity contribution in [1.29, 1.82) is 0 Å². The first-order chi connectivity index (χ1) is 9.54. The number of phenolic OH excluding ortho intramolecular Hbond substituents is 1. The lowest BCUT2D eigenvalue weighted by molar-refractivity contribution is 0.0992. The van der Waals surface area contributed by atoms with Gasteiger partial charge in [-0.05, 0) is 24.3 Å². The molecule has 0 spiro atoms. The van der Waals surface area contributed by atoms with Crippen molar-refractivity contribution in [3.05, 3.63) is 42.2 Å².